The second kappa shape index (κ2) is 6.23. The zero-order valence-electron chi connectivity index (χ0n) is 13.2. The summed E-state index contributed by atoms with van der Waals surface area (Å²) in [5.41, 5.74) is 0.532. The van der Waals surface area contributed by atoms with Gasteiger partial charge in [0.25, 0.3) is 0 Å². The Labute approximate surface area is 138 Å². The molecule has 24 heavy (non-hydrogen) atoms. The summed E-state index contributed by atoms with van der Waals surface area (Å²) in [7, 11) is 0. The van der Waals surface area contributed by atoms with Crippen LogP contribution in [-0.4, -0.2) is 47.4 Å². The van der Waals surface area contributed by atoms with E-state index in [9.17, 15) is 14.4 Å². The van der Waals surface area contributed by atoms with Gasteiger partial charge in [0.05, 0.1) is 24.4 Å². The van der Waals surface area contributed by atoms with Crippen molar-refractivity contribution in [3.05, 3.63) is 41.6 Å². The highest BCUT2D eigenvalue weighted by molar-refractivity contribution is 6.12. The van der Waals surface area contributed by atoms with Gasteiger partial charge in [-0.15, -0.1) is 0 Å². The standard InChI is InChI=1S/C16H16N2O6/c1-3-22-15(20)17-9-11-13(19)10-7-5-6-8-12(10)24-14(11)18(17)16(21)23-4-2/h5-9,14H,3-4H2,1-2H3. The Balaban J connectivity index is 2.00. The fraction of sp³-hybridized carbons (Fsp3) is 0.312. The van der Waals surface area contributed by atoms with E-state index in [1.165, 1.54) is 6.20 Å². The van der Waals surface area contributed by atoms with E-state index in [1.807, 2.05) is 0 Å². The maximum Gasteiger partial charge on any atom is 0.433 e. The number of rotatable bonds is 2. The first-order valence-corrected chi connectivity index (χ1v) is 7.52. The highest BCUT2D eigenvalue weighted by Gasteiger charge is 2.48. The fourth-order valence-corrected chi connectivity index (χ4v) is 2.52. The number of ketones is 1. The first-order valence-electron chi connectivity index (χ1n) is 7.52. The number of ether oxygens (including phenoxy) is 3. The molecule has 2 amide bonds. The number of nitrogens with zero attached hydrogens (tertiary/aromatic N) is 2. The SMILES string of the molecule is CCOC(=O)N1C=C2C(=O)c3ccccc3OC2N1C(=O)OCC. The van der Waals surface area contributed by atoms with E-state index in [4.69, 9.17) is 14.2 Å². The molecule has 0 saturated heterocycles. The molecule has 3 rings (SSSR count). The lowest BCUT2D eigenvalue weighted by atomic mass is 9.99. The Morgan fingerprint density at radius 1 is 1.12 bits per heavy atom. The summed E-state index contributed by atoms with van der Waals surface area (Å²) in [4.78, 5) is 37.0. The average molecular weight is 332 g/mol. The van der Waals surface area contributed by atoms with E-state index >= 15 is 0 Å². The molecule has 2 aliphatic heterocycles. The van der Waals surface area contributed by atoms with Crippen LogP contribution in [0.2, 0.25) is 0 Å². The molecule has 2 heterocycles. The van der Waals surface area contributed by atoms with Crippen LogP contribution in [0, 0.1) is 0 Å². The maximum absolute atomic E-state index is 12.6. The number of hydrogen-bond acceptors (Lipinski definition) is 6. The summed E-state index contributed by atoms with van der Waals surface area (Å²) < 4.78 is 15.6. The highest BCUT2D eigenvalue weighted by Crippen LogP contribution is 2.36. The molecule has 0 spiro atoms. The molecule has 126 valence electrons. The Morgan fingerprint density at radius 2 is 1.79 bits per heavy atom. The third-order valence-electron chi connectivity index (χ3n) is 3.52. The minimum atomic E-state index is -1.07. The molecule has 0 N–H and O–H groups in total. The summed E-state index contributed by atoms with van der Waals surface area (Å²) in [6.07, 6.45) is -1.43. The van der Waals surface area contributed by atoms with E-state index in [0.717, 1.165) is 10.0 Å². The van der Waals surface area contributed by atoms with Crippen molar-refractivity contribution in [2.24, 2.45) is 0 Å². The molecule has 1 atom stereocenters. The van der Waals surface area contributed by atoms with Crippen molar-refractivity contribution in [1.29, 1.82) is 0 Å². The van der Waals surface area contributed by atoms with Gasteiger partial charge in [0.1, 0.15) is 5.75 Å². The van der Waals surface area contributed by atoms with Crippen LogP contribution in [0.3, 0.4) is 0 Å². The van der Waals surface area contributed by atoms with Crippen LogP contribution in [0.25, 0.3) is 0 Å². The third kappa shape index (κ3) is 2.45. The van der Waals surface area contributed by atoms with E-state index in [-0.39, 0.29) is 24.6 Å². The lowest BCUT2D eigenvalue weighted by Crippen LogP contribution is -2.52. The van der Waals surface area contributed by atoms with Gasteiger partial charge >= 0.3 is 12.2 Å². The van der Waals surface area contributed by atoms with Crippen LogP contribution < -0.4 is 4.74 Å². The van der Waals surface area contributed by atoms with Crippen LogP contribution >= 0.6 is 0 Å². The minimum Gasteiger partial charge on any atom is -0.463 e. The highest BCUT2D eigenvalue weighted by atomic mass is 16.6. The first kappa shape index (κ1) is 15.9. The molecule has 8 heteroatoms. The zero-order valence-corrected chi connectivity index (χ0v) is 13.2. The number of hydrogen-bond donors (Lipinski definition) is 0. The van der Waals surface area contributed by atoms with Crippen LogP contribution in [0.5, 0.6) is 5.75 Å². The first-order chi connectivity index (χ1) is 11.6. The summed E-state index contributed by atoms with van der Waals surface area (Å²) in [6.45, 7) is 3.51. The molecule has 2 aliphatic rings. The normalized spacial score (nSPS) is 18.3. The quantitative estimate of drug-likeness (QED) is 0.826. The Bertz CT molecular complexity index is 729. The van der Waals surface area contributed by atoms with Gasteiger partial charge in [0.15, 0.2) is 5.78 Å². The van der Waals surface area contributed by atoms with E-state index < -0.39 is 18.4 Å². The number of fused-ring (bicyclic) bond motifs is 2. The summed E-state index contributed by atoms with van der Waals surface area (Å²) in [5, 5.41) is 1.84. The Morgan fingerprint density at radius 3 is 2.50 bits per heavy atom. The average Bonchev–Trinajstić information content (AvgIpc) is 2.95. The minimum absolute atomic E-state index is 0.110. The zero-order chi connectivity index (χ0) is 17.3. The van der Waals surface area contributed by atoms with Gasteiger partial charge in [0.2, 0.25) is 6.23 Å². The number of carbonyl (C=O) groups is 3. The second-order valence-corrected chi connectivity index (χ2v) is 4.97. The maximum atomic E-state index is 12.6. The third-order valence-corrected chi connectivity index (χ3v) is 3.52. The lowest BCUT2D eigenvalue weighted by Gasteiger charge is -2.32. The van der Waals surface area contributed by atoms with Gasteiger partial charge in [0, 0.05) is 6.20 Å². The Hall–Kier alpha value is -3.03. The molecule has 1 aromatic rings. The number of hydrazine groups is 1. The topological polar surface area (TPSA) is 85.4 Å². The largest absolute Gasteiger partial charge is 0.463 e. The van der Waals surface area contributed by atoms with Crippen molar-refractivity contribution in [2.45, 2.75) is 20.1 Å². The van der Waals surface area contributed by atoms with E-state index in [0.29, 0.717) is 11.3 Å². The molecule has 0 bridgehead atoms. The molecular formula is C16H16N2O6. The monoisotopic (exact) mass is 332 g/mol. The number of Topliss-reactive ketones (excluding diaryl/α,β-unsaturated/α-hetero) is 1. The molecule has 0 fully saturated rings. The van der Waals surface area contributed by atoms with Crippen molar-refractivity contribution in [1.82, 2.24) is 10.0 Å². The van der Waals surface area contributed by atoms with Crippen molar-refractivity contribution >= 4 is 18.0 Å². The summed E-state index contributed by atoms with van der Waals surface area (Å²) in [6, 6.07) is 6.67. The molecule has 0 aliphatic carbocycles. The van der Waals surface area contributed by atoms with Gasteiger partial charge in [-0.2, -0.15) is 10.0 Å². The molecule has 0 radical (unpaired) electrons. The van der Waals surface area contributed by atoms with Crippen LogP contribution in [0.15, 0.2) is 36.0 Å². The predicted molar refractivity (Wildman–Crippen MR) is 81.0 cm³/mol. The number of carbonyl (C=O) groups excluding carboxylic acids is 3. The smallest absolute Gasteiger partial charge is 0.433 e. The van der Waals surface area contributed by atoms with Gasteiger partial charge in [-0.3, -0.25) is 4.79 Å². The Kier molecular flexibility index (Phi) is 4.11. The summed E-state index contributed by atoms with van der Waals surface area (Å²) in [5.74, 6) is 0.0209. The summed E-state index contributed by atoms with van der Waals surface area (Å²) >= 11 is 0. The van der Waals surface area contributed by atoms with Crippen molar-refractivity contribution in [3.63, 3.8) is 0 Å². The van der Waals surface area contributed by atoms with Crippen molar-refractivity contribution in [3.8, 4) is 5.75 Å². The number of para-hydroxylation sites is 1. The number of amides is 2. The van der Waals surface area contributed by atoms with Gasteiger partial charge in [-0.05, 0) is 26.0 Å². The van der Waals surface area contributed by atoms with Crippen LogP contribution in [-0.2, 0) is 9.47 Å². The number of benzene rings is 1. The van der Waals surface area contributed by atoms with Gasteiger partial charge in [-0.25, -0.2) is 9.59 Å². The van der Waals surface area contributed by atoms with E-state index in [1.54, 1.807) is 38.1 Å². The van der Waals surface area contributed by atoms with Crippen molar-refractivity contribution < 1.29 is 28.6 Å². The van der Waals surface area contributed by atoms with Crippen LogP contribution in [0.4, 0.5) is 9.59 Å². The molecule has 1 unspecified atom stereocenters. The molecule has 0 saturated carbocycles. The van der Waals surface area contributed by atoms with Crippen molar-refractivity contribution in [2.75, 3.05) is 13.2 Å². The van der Waals surface area contributed by atoms with Gasteiger partial charge < -0.3 is 14.2 Å². The second-order valence-electron chi connectivity index (χ2n) is 4.97. The molecule has 8 nitrogen and oxygen atoms in total. The van der Waals surface area contributed by atoms with Crippen LogP contribution in [0.1, 0.15) is 24.2 Å². The lowest BCUT2D eigenvalue weighted by molar-refractivity contribution is -0.0463. The van der Waals surface area contributed by atoms with Gasteiger partial charge in [-0.1, -0.05) is 12.1 Å². The predicted octanol–water partition coefficient (Wildman–Crippen LogP) is 2.32. The molecule has 0 aromatic heterocycles. The molecule has 1 aromatic carbocycles. The fourth-order valence-electron chi connectivity index (χ4n) is 2.52. The van der Waals surface area contributed by atoms with E-state index in [2.05, 4.69) is 0 Å². The molecular weight excluding hydrogens is 316 g/mol.